The van der Waals surface area contributed by atoms with Crippen molar-refractivity contribution in [3.63, 3.8) is 0 Å². The molecule has 3 rings (SSSR count). The van der Waals surface area contributed by atoms with Gasteiger partial charge in [0.25, 0.3) is 5.91 Å². The predicted molar refractivity (Wildman–Crippen MR) is 114 cm³/mol. The van der Waals surface area contributed by atoms with Crippen LogP contribution in [-0.4, -0.2) is 52.7 Å². The van der Waals surface area contributed by atoms with E-state index in [0.29, 0.717) is 0 Å². The first kappa shape index (κ1) is 25.9. The summed E-state index contributed by atoms with van der Waals surface area (Å²) in [6, 6.07) is 5.17. The van der Waals surface area contributed by atoms with Crippen molar-refractivity contribution in [2.24, 2.45) is 5.92 Å². The second-order valence-electron chi connectivity index (χ2n) is 8.41. The zero-order valence-corrected chi connectivity index (χ0v) is 19.0. The van der Waals surface area contributed by atoms with Gasteiger partial charge in [0.1, 0.15) is 23.8 Å². The quantitative estimate of drug-likeness (QED) is 0.539. The van der Waals surface area contributed by atoms with E-state index in [-0.39, 0.29) is 28.3 Å². The molecule has 186 valence electrons. The van der Waals surface area contributed by atoms with Crippen LogP contribution in [0.2, 0.25) is 0 Å². The number of aliphatic hydroxyl groups is 2. The molecule has 0 unspecified atom stereocenters. The number of hydrogen-bond donors (Lipinski definition) is 3. The van der Waals surface area contributed by atoms with Crippen LogP contribution >= 0.6 is 0 Å². The van der Waals surface area contributed by atoms with Crippen molar-refractivity contribution >= 4 is 11.6 Å². The first-order chi connectivity index (χ1) is 15.9. The maximum atomic E-state index is 14.1. The summed E-state index contributed by atoms with van der Waals surface area (Å²) in [6.45, 7) is 3.09. The van der Waals surface area contributed by atoms with E-state index in [1.165, 1.54) is 45.4 Å². The minimum absolute atomic E-state index is 0.0497. The Hall–Kier alpha value is -2.76. The van der Waals surface area contributed by atoms with Crippen molar-refractivity contribution in [1.29, 1.82) is 0 Å². The maximum Gasteiger partial charge on any atom is 0.417 e. The van der Waals surface area contributed by atoms with Crippen molar-refractivity contribution in [1.82, 2.24) is 4.98 Å². The number of aromatic nitrogens is 1. The Morgan fingerprint density at radius 2 is 2.00 bits per heavy atom. The van der Waals surface area contributed by atoms with Crippen molar-refractivity contribution < 1.29 is 42.0 Å². The average molecular weight is 486 g/mol. The zero-order valence-electron chi connectivity index (χ0n) is 19.0. The summed E-state index contributed by atoms with van der Waals surface area (Å²) in [5.74, 6) is -3.73. The van der Waals surface area contributed by atoms with E-state index in [2.05, 4.69) is 10.3 Å². The second-order valence-corrected chi connectivity index (χ2v) is 8.41. The molecule has 3 N–H and O–H groups in total. The Kier molecular flexibility index (Phi) is 7.20. The third-order valence-corrected chi connectivity index (χ3v) is 6.43. The molecule has 2 heterocycles. The van der Waals surface area contributed by atoms with Gasteiger partial charge >= 0.3 is 6.18 Å². The first-order valence-electron chi connectivity index (χ1n) is 10.5. The van der Waals surface area contributed by atoms with E-state index in [0.717, 1.165) is 13.0 Å². The number of nitrogens with one attached hydrogen (secondary N) is 1. The lowest BCUT2D eigenvalue weighted by atomic mass is 9.76. The molecule has 1 amide bonds. The molecule has 1 aromatic carbocycles. The summed E-state index contributed by atoms with van der Waals surface area (Å²) < 4.78 is 66.9. The number of hydrogen-bond acceptors (Lipinski definition) is 6. The normalized spacial score (nSPS) is 25.8. The van der Waals surface area contributed by atoms with Gasteiger partial charge in [0.2, 0.25) is 0 Å². The highest BCUT2D eigenvalue weighted by Crippen LogP contribution is 2.55. The zero-order chi connectivity index (χ0) is 25.4. The van der Waals surface area contributed by atoms with E-state index < -0.39 is 54.2 Å². The predicted octanol–water partition coefficient (Wildman–Crippen LogP) is 3.64. The van der Waals surface area contributed by atoms with Crippen LogP contribution in [0, 0.1) is 18.7 Å². The molecular formula is C23H26F4N2O5. The Bertz CT molecular complexity index is 1050. The average Bonchev–Trinajstić information content (AvgIpc) is 3.07. The van der Waals surface area contributed by atoms with E-state index in [4.69, 9.17) is 14.6 Å². The first-order valence-corrected chi connectivity index (χ1v) is 10.5. The second kappa shape index (κ2) is 9.47. The van der Waals surface area contributed by atoms with Crippen molar-refractivity contribution in [3.05, 3.63) is 53.1 Å². The Balaban J connectivity index is 2.01. The van der Waals surface area contributed by atoms with Gasteiger partial charge in [0.15, 0.2) is 5.60 Å². The molecular weight excluding hydrogens is 460 g/mol. The number of anilines is 1. The molecule has 0 bridgehead atoms. The SMILES string of the molecule is COc1c([C@@H]2[C@@H](C(=O)Nc3ccc([C@@H](O)CO)nc3)O[C@](C)(C(F)(F)F)[C@@H]2C)ccc(F)c1C. The Morgan fingerprint density at radius 3 is 2.53 bits per heavy atom. The standard InChI is InChI=1S/C23H26F4N2O5/c1-11-15(24)7-6-14(19(11)33-4)18-12(2)22(3,23(25,26)27)34-20(18)21(32)29-13-5-8-16(28-9-13)17(31)10-30/h5-9,12,17-18,20,30-31H,10H2,1-4H3,(H,29,32)/t12-,17+,18-,20+,22+/m1/s1. The van der Waals surface area contributed by atoms with E-state index in [1.54, 1.807) is 0 Å². The lowest BCUT2D eigenvalue weighted by Gasteiger charge is -2.32. The smallest absolute Gasteiger partial charge is 0.417 e. The largest absolute Gasteiger partial charge is 0.496 e. The summed E-state index contributed by atoms with van der Waals surface area (Å²) in [4.78, 5) is 17.1. The van der Waals surface area contributed by atoms with Crippen molar-refractivity contribution in [2.75, 3.05) is 19.0 Å². The molecule has 0 radical (unpaired) electrons. The summed E-state index contributed by atoms with van der Waals surface area (Å²) in [6.07, 6.45) is -6.38. The van der Waals surface area contributed by atoms with Crippen molar-refractivity contribution in [2.45, 2.75) is 50.7 Å². The third kappa shape index (κ3) is 4.47. The van der Waals surface area contributed by atoms with Crippen molar-refractivity contribution in [3.8, 4) is 5.75 Å². The fourth-order valence-electron chi connectivity index (χ4n) is 4.23. The number of methoxy groups -OCH3 is 1. The van der Waals surface area contributed by atoms with Gasteiger partial charge < -0.3 is 25.0 Å². The molecule has 5 atom stereocenters. The fourth-order valence-corrected chi connectivity index (χ4v) is 4.23. The number of halogens is 4. The number of amides is 1. The number of rotatable bonds is 6. The highest BCUT2D eigenvalue weighted by molar-refractivity contribution is 5.95. The van der Waals surface area contributed by atoms with Gasteiger partial charge in [-0.2, -0.15) is 13.2 Å². The van der Waals surface area contributed by atoms with Crippen LogP contribution in [0.15, 0.2) is 30.5 Å². The van der Waals surface area contributed by atoms with E-state index in [1.807, 2.05) is 0 Å². The Labute approximate surface area is 193 Å². The molecule has 34 heavy (non-hydrogen) atoms. The number of ether oxygens (including phenoxy) is 2. The van der Waals surface area contributed by atoms with Gasteiger partial charge in [-0.05, 0) is 32.0 Å². The minimum atomic E-state index is -4.79. The van der Waals surface area contributed by atoms with Crippen LogP contribution in [-0.2, 0) is 9.53 Å². The fraction of sp³-hybridized carbons (Fsp3) is 0.478. The van der Waals surface area contributed by atoms with Crippen LogP contribution in [0.25, 0.3) is 0 Å². The number of carbonyl (C=O) groups excluding carboxylic acids is 1. The van der Waals surface area contributed by atoms with Crippen LogP contribution in [0.4, 0.5) is 23.2 Å². The maximum absolute atomic E-state index is 14.1. The van der Waals surface area contributed by atoms with Gasteiger partial charge in [-0.3, -0.25) is 9.78 Å². The summed E-state index contributed by atoms with van der Waals surface area (Å²) in [7, 11) is 1.28. The van der Waals surface area contributed by atoms with E-state index >= 15 is 0 Å². The monoisotopic (exact) mass is 486 g/mol. The van der Waals surface area contributed by atoms with Gasteiger partial charge in [-0.25, -0.2) is 4.39 Å². The highest BCUT2D eigenvalue weighted by atomic mass is 19.4. The molecule has 1 aromatic heterocycles. The lowest BCUT2D eigenvalue weighted by Crippen LogP contribution is -2.47. The highest BCUT2D eigenvalue weighted by Gasteiger charge is 2.65. The van der Waals surface area contributed by atoms with Gasteiger partial charge in [-0.15, -0.1) is 0 Å². The lowest BCUT2D eigenvalue weighted by molar-refractivity contribution is -0.272. The van der Waals surface area contributed by atoms with E-state index in [9.17, 15) is 27.5 Å². The molecule has 2 aromatic rings. The summed E-state index contributed by atoms with van der Waals surface area (Å²) >= 11 is 0. The molecule has 11 heteroatoms. The molecule has 1 fully saturated rings. The molecule has 0 spiro atoms. The third-order valence-electron chi connectivity index (χ3n) is 6.43. The minimum Gasteiger partial charge on any atom is -0.496 e. The molecule has 0 saturated carbocycles. The Morgan fingerprint density at radius 1 is 1.32 bits per heavy atom. The number of benzene rings is 1. The van der Waals surface area contributed by atoms with Crippen LogP contribution in [0.5, 0.6) is 5.75 Å². The molecule has 1 aliphatic rings. The molecule has 0 aliphatic carbocycles. The number of carbonyl (C=O) groups is 1. The summed E-state index contributed by atoms with van der Waals surface area (Å²) in [5, 5.41) is 21.1. The van der Waals surface area contributed by atoms with Gasteiger partial charge in [-0.1, -0.05) is 13.0 Å². The van der Waals surface area contributed by atoms with Gasteiger partial charge in [0.05, 0.1) is 31.3 Å². The van der Waals surface area contributed by atoms with Gasteiger partial charge in [0, 0.05) is 23.0 Å². The topological polar surface area (TPSA) is 101 Å². The van der Waals surface area contributed by atoms with Crippen LogP contribution < -0.4 is 10.1 Å². The number of pyridine rings is 1. The number of aliphatic hydroxyl groups excluding tert-OH is 2. The molecule has 1 aliphatic heterocycles. The van der Waals surface area contributed by atoms with Crippen LogP contribution in [0.3, 0.4) is 0 Å². The van der Waals surface area contributed by atoms with Crippen LogP contribution in [0.1, 0.15) is 42.7 Å². The molecule has 7 nitrogen and oxygen atoms in total. The molecule has 1 saturated heterocycles. The number of alkyl halides is 3. The summed E-state index contributed by atoms with van der Waals surface area (Å²) in [5.41, 5.74) is -2.02. The number of nitrogens with zero attached hydrogens (tertiary/aromatic N) is 1.